The van der Waals surface area contributed by atoms with Gasteiger partial charge in [0.1, 0.15) is 6.33 Å². The van der Waals surface area contributed by atoms with Gasteiger partial charge >= 0.3 is 5.69 Å². The van der Waals surface area contributed by atoms with Crippen LogP contribution in [0.3, 0.4) is 0 Å². The lowest BCUT2D eigenvalue weighted by Crippen LogP contribution is -2.28. The molecule has 1 aromatic rings. The summed E-state index contributed by atoms with van der Waals surface area (Å²) in [5.41, 5.74) is -0.101. The zero-order valence-electron chi connectivity index (χ0n) is 11.9. The summed E-state index contributed by atoms with van der Waals surface area (Å²) in [7, 11) is 0. The normalized spacial score (nSPS) is 13.5. The van der Waals surface area contributed by atoms with Gasteiger partial charge in [0.2, 0.25) is 11.6 Å². The first kappa shape index (κ1) is 15.0. The topological polar surface area (TPSA) is 108 Å². The van der Waals surface area contributed by atoms with E-state index in [0.29, 0.717) is 25.3 Å². The van der Waals surface area contributed by atoms with Crippen molar-refractivity contribution in [3.63, 3.8) is 0 Å². The van der Waals surface area contributed by atoms with Gasteiger partial charge in [-0.3, -0.25) is 10.1 Å². The minimum Gasteiger partial charge on any atom is -0.364 e. The Morgan fingerprint density at radius 2 is 2.33 bits per heavy atom. The van der Waals surface area contributed by atoms with Crippen LogP contribution in [0.5, 0.6) is 0 Å². The second-order valence-electron chi connectivity index (χ2n) is 4.91. The molecule has 8 heteroatoms. The molecule has 0 saturated heterocycles. The van der Waals surface area contributed by atoms with E-state index in [2.05, 4.69) is 21.4 Å². The van der Waals surface area contributed by atoms with Crippen LogP contribution in [0.15, 0.2) is 6.33 Å². The molecule has 8 nitrogen and oxygen atoms in total. The van der Waals surface area contributed by atoms with Gasteiger partial charge < -0.3 is 10.2 Å². The van der Waals surface area contributed by atoms with Crippen LogP contribution >= 0.6 is 0 Å². The van der Waals surface area contributed by atoms with Gasteiger partial charge in [-0.1, -0.05) is 6.92 Å². The molecule has 1 fully saturated rings. The van der Waals surface area contributed by atoms with E-state index in [1.54, 1.807) is 0 Å². The Morgan fingerprint density at radius 1 is 1.57 bits per heavy atom. The van der Waals surface area contributed by atoms with Crippen molar-refractivity contribution in [2.24, 2.45) is 0 Å². The van der Waals surface area contributed by atoms with Crippen molar-refractivity contribution < 1.29 is 4.92 Å². The number of rotatable bonds is 8. The van der Waals surface area contributed by atoms with E-state index < -0.39 is 4.92 Å². The predicted octanol–water partition coefficient (Wildman–Crippen LogP) is 2.09. The van der Waals surface area contributed by atoms with Gasteiger partial charge in [-0.05, 0) is 19.3 Å². The molecule has 0 aromatic carbocycles. The number of aromatic nitrogens is 2. The maximum atomic E-state index is 11.4. The highest BCUT2D eigenvalue weighted by molar-refractivity contribution is 5.70. The number of nitrogens with one attached hydrogen (secondary N) is 1. The fourth-order valence-electron chi connectivity index (χ4n) is 2.14. The van der Waals surface area contributed by atoms with Crippen LogP contribution in [0.25, 0.3) is 0 Å². The standard InChI is InChI=1S/C13H18N6O2/c1-2-7-15-12-11(19(20)21)13(17-9-16-12)18(8-3-6-14)10-4-5-10/h9-10H,2-5,7-8H2,1H3,(H,15,16,17). The zero-order valence-corrected chi connectivity index (χ0v) is 11.9. The van der Waals surface area contributed by atoms with E-state index in [1.165, 1.54) is 6.33 Å². The second kappa shape index (κ2) is 6.83. The van der Waals surface area contributed by atoms with Crippen LogP contribution < -0.4 is 10.2 Å². The molecular formula is C13H18N6O2. The minimum absolute atomic E-state index is 0.101. The minimum atomic E-state index is -0.449. The van der Waals surface area contributed by atoms with Crippen molar-refractivity contribution in [3.05, 3.63) is 16.4 Å². The molecule has 1 saturated carbocycles. The summed E-state index contributed by atoms with van der Waals surface area (Å²) in [5, 5.41) is 23.1. The third-order valence-corrected chi connectivity index (χ3v) is 3.25. The number of nitro groups is 1. The van der Waals surface area contributed by atoms with Crippen LogP contribution in [0.2, 0.25) is 0 Å². The third-order valence-electron chi connectivity index (χ3n) is 3.25. The van der Waals surface area contributed by atoms with Gasteiger partial charge in [-0.15, -0.1) is 0 Å². The largest absolute Gasteiger partial charge is 0.364 e. The van der Waals surface area contributed by atoms with Crippen LogP contribution in [0.1, 0.15) is 32.6 Å². The first-order chi connectivity index (χ1) is 10.2. The Kier molecular flexibility index (Phi) is 4.87. The summed E-state index contributed by atoms with van der Waals surface area (Å²) < 4.78 is 0. The lowest BCUT2D eigenvalue weighted by Gasteiger charge is -2.22. The van der Waals surface area contributed by atoms with Gasteiger partial charge in [-0.25, -0.2) is 9.97 Å². The smallest absolute Gasteiger partial charge is 0.353 e. The Balaban J connectivity index is 2.36. The molecule has 0 unspecified atom stereocenters. The Bertz CT molecular complexity index is 552. The second-order valence-corrected chi connectivity index (χ2v) is 4.91. The molecule has 0 spiro atoms. The molecule has 1 aromatic heterocycles. The first-order valence-electron chi connectivity index (χ1n) is 7.05. The van der Waals surface area contributed by atoms with E-state index in [0.717, 1.165) is 19.3 Å². The molecule has 0 radical (unpaired) electrons. The van der Waals surface area contributed by atoms with Crippen LogP contribution in [0, 0.1) is 21.4 Å². The lowest BCUT2D eigenvalue weighted by molar-refractivity contribution is -0.383. The zero-order chi connectivity index (χ0) is 15.2. The lowest BCUT2D eigenvalue weighted by atomic mass is 10.3. The summed E-state index contributed by atoms with van der Waals surface area (Å²) >= 11 is 0. The SMILES string of the molecule is CCCNc1ncnc(N(CCC#N)C2CC2)c1[N+](=O)[O-]. The molecular weight excluding hydrogens is 272 g/mol. The van der Waals surface area contributed by atoms with Crippen LogP contribution in [0.4, 0.5) is 17.3 Å². The van der Waals surface area contributed by atoms with Crippen LogP contribution in [-0.2, 0) is 0 Å². The molecule has 21 heavy (non-hydrogen) atoms. The van der Waals surface area contributed by atoms with Crippen molar-refractivity contribution in [3.8, 4) is 6.07 Å². The van der Waals surface area contributed by atoms with E-state index in [-0.39, 0.29) is 17.5 Å². The van der Waals surface area contributed by atoms with Crippen LogP contribution in [-0.4, -0.2) is 34.0 Å². The van der Waals surface area contributed by atoms with Gasteiger partial charge in [0.15, 0.2) is 0 Å². The summed E-state index contributed by atoms with van der Waals surface area (Å²) in [5.74, 6) is 0.556. The highest BCUT2D eigenvalue weighted by atomic mass is 16.6. The molecule has 0 amide bonds. The van der Waals surface area contributed by atoms with Gasteiger partial charge in [0, 0.05) is 19.1 Å². The van der Waals surface area contributed by atoms with E-state index in [4.69, 9.17) is 5.26 Å². The summed E-state index contributed by atoms with van der Waals surface area (Å²) in [6, 6.07) is 2.32. The third kappa shape index (κ3) is 3.56. The quantitative estimate of drug-likeness (QED) is 0.576. The Labute approximate surface area is 123 Å². The summed E-state index contributed by atoms with van der Waals surface area (Å²) in [6.45, 7) is 3.04. The first-order valence-corrected chi connectivity index (χ1v) is 7.05. The molecule has 0 aliphatic heterocycles. The molecule has 2 rings (SSSR count). The Morgan fingerprint density at radius 3 is 2.90 bits per heavy atom. The fraction of sp³-hybridized carbons (Fsp3) is 0.615. The number of nitriles is 1. The molecule has 1 aliphatic carbocycles. The number of anilines is 2. The van der Waals surface area contributed by atoms with E-state index >= 15 is 0 Å². The van der Waals surface area contributed by atoms with E-state index in [1.807, 2.05) is 11.8 Å². The maximum Gasteiger partial charge on any atom is 0.353 e. The highest BCUT2D eigenvalue weighted by Gasteiger charge is 2.35. The molecule has 0 bridgehead atoms. The molecule has 1 N–H and O–H groups in total. The molecule has 1 heterocycles. The predicted molar refractivity (Wildman–Crippen MR) is 78.1 cm³/mol. The molecule has 112 valence electrons. The fourth-order valence-corrected chi connectivity index (χ4v) is 2.14. The van der Waals surface area contributed by atoms with E-state index in [9.17, 15) is 10.1 Å². The van der Waals surface area contributed by atoms with Crippen molar-refractivity contribution in [1.29, 1.82) is 5.26 Å². The van der Waals surface area contributed by atoms with Crippen molar-refractivity contribution >= 4 is 17.3 Å². The van der Waals surface area contributed by atoms with Gasteiger partial charge in [0.05, 0.1) is 17.4 Å². The average molecular weight is 290 g/mol. The average Bonchev–Trinajstić information content (AvgIpc) is 3.30. The van der Waals surface area contributed by atoms with Crippen molar-refractivity contribution in [2.75, 3.05) is 23.3 Å². The van der Waals surface area contributed by atoms with Gasteiger partial charge in [0.25, 0.3) is 0 Å². The number of hydrogen-bond acceptors (Lipinski definition) is 7. The maximum absolute atomic E-state index is 11.4. The molecule has 1 aliphatic rings. The number of hydrogen-bond donors (Lipinski definition) is 1. The Hall–Kier alpha value is -2.43. The number of nitrogens with zero attached hydrogens (tertiary/aromatic N) is 5. The van der Waals surface area contributed by atoms with Gasteiger partial charge in [-0.2, -0.15) is 5.26 Å². The highest BCUT2D eigenvalue weighted by Crippen LogP contribution is 2.38. The summed E-state index contributed by atoms with van der Waals surface area (Å²) in [6.07, 6.45) is 4.45. The molecule has 0 atom stereocenters. The summed E-state index contributed by atoms with van der Waals surface area (Å²) in [4.78, 5) is 20.9. The monoisotopic (exact) mass is 290 g/mol. The van der Waals surface area contributed by atoms with Crippen molar-refractivity contribution in [2.45, 2.75) is 38.6 Å². The van der Waals surface area contributed by atoms with Crippen molar-refractivity contribution in [1.82, 2.24) is 9.97 Å².